The maximum atomic E-state index is 12.7. The Bertz CT molecular complexity index is 731. The summed E-state index contributed by atoms with van der Waals surface area (Å²) in [7, 11) is 0. The van der Waals surface area contributed by atoms with Gasteiger partial charge in [0.2, 0.25) is 0 Å². The molecule has 2 aromatic rings. The fourth-order valence-corrected chi connectivity index (χ4v) is 3.88. The molecule has 0 aliphatic heterocycles. The fourth-order valence-electron chi connectivity index (χ4n) is 3.88. The summed E-state index contributed by atoms with van der Waals surface area (Å²) in [5, 5.41) is 7.87. The van der Waals surface area contributed by atoms with Crippen LogP contribution in [-0.2, 0) is 6.54 Å². The lowest BCUT2D eigenvalue weighted by molar-refractivity contribution is 0.0927. The molecule has 1 aliphatic rings. The summed E-state index contributed by atoms with van der Waals surface area (Å²) < 4.78 is 1.82. The summed E-state index contributed by atoms with van der Waals surface area (Å²) in [5.41, 5.74) is 6.36. The number of nitrogens with zero attached hydrogens (tertiary/aromatic N) is 2. The molecule has 128 valence electrons. The molecule has 3 rings (SSSR count). The second-order valence-electron chi connectivity index (χ2n) is 6.96. The van der Waals surface area contributed by atoms with Gasteiger partial charge in [0.05, 0.1) is 5.69 Å². The van der Waals surface area contributed by atoms with Crippen molar-refractivity contribution < 1.29 is 4.79 Å². The van der Waals surface area contributed by atoms with Crippen molar-refractivity contribution in [2.75, 3.05) is 0 Å². The Hall–Kier alpha value is -2.10. The Morgan fingerprint density at radius 1 is 1.17 bits per heavy atom. The second kappa shape index (κ2) is 6.80. The number of aromatic nitrogens is 2. The van der Waals surface area contributed by atoms with Gasteiger partial charge in [0, 0.05) is 18.2 Å². The van der Waals surface area contributed by atoms with Gasteiger partial charge in [-0.05, 0) is 57.7 Å². The van der Waals surface area contributed by atoms with Crippen molar-refractivity contribution in [1.82, 2.24) is 15.1 Å². The van der Waals surface area contributed by atoms with Crippen molar-refractivity contribution in [3.05, 3.63) is 40.6 Å². The number of hydrogen-bond acceptors (Lipinski definition) is 2. The fraction of sp³-hybridized carbons (Fsp3) is 0.500. The number of hydrogen-bond donors (Lipinski definition) is 1. The summed E-state index contributed by atoms with van der Waals surface area (Å²) in [5.74, 6) is 0.00455. The van der Waals surface area contributed by atoms with E-state index in [9.17, 15) is 4.79 Å². The van der Waals surface area contributed by atoms with Gasteiger partial charge < -0.3 is 5.32 Å². The van der Waals surface area contributed by atoms with E-state index < -0.39 is 0 Å². The third kappa shape index (κ3) is 3.23. The molecule has 1 heterocycles. The lowest BCUT2D eigenvalue weighted by atomic mass is 9.97. The number of amides is 1. The van der Waals surface area contributed by atoms with Crippen molar-refractivity contribution >= 4 is 5.91 Å². The van der Waals surface area contributed by atoms with Crippen LogP contribution in [0.2, 0.25) is 0 Å². The van der Waals surface area contributed by atoms with E-state index in [2.05, 4.69) is 38.2 Å². The van der Waals surface area contributed by atoms with Gasteiger partial charge in [0.1, 0.15) is 5.69 Å². The van der Waals surface area contributed by atoms with Crippen molar-refractivity contribution in [3.63, 3.8) is 0 Å². The molecule has 0 bridgehead atoms. The molecular formula is C20H27N3O. The average molecular weight is 325 g/mol. The second-order valence-corrected chi connectivity index (χ2v) is 6.96. The highest BCUT2D eigenvalue weighted by Gasteiger charge is 2.22. The quantitative estimate of drug-likeness (QED) is 0.917. The summed E-state index contributed by atoms with van der Waals surface area (Å²) >= 11 is 0. The van der Waals surface area contributed by atoms with Crippen LogP contribution in [0.15, 0.2) is 18.2 Å². The first kappa shape index (κ1) is 16.7. The predicted molar refractivity (Wildman–Crippen MR) is 97.3 cm³/mol. The molecule has 4 heteroatoms. The molecule has 1 fully saturated rings. The van der Waals surface area contributed by atoms with Gasteiger partial charge in [-0.1, -0.05) is 30.5 Å². The van der Waals surface area contributed by atoms with Crippen LogP contribution in [0, 0.1) is 20.8 Å². The van der Waals surface area contributed by atoms with Crippen LogP contribution in [0.1, 0.15) is 59.8 Å². The maximum Gasteiger partial charge on any atom is 0.269 e. The van der Waals surface area contributed by atoms with Gasteiger partial charge in [-0.25, -0.2) is 0 Å². The van der Waals surface area contributed by atoms with Crippen molar-refractivity contribution in [3.8, 4) is 11.3 Å². The minimum Gasteiger partial charge on any atom is -0.348 e. The molecule has 0 atom stereocenters. The highest BCUT2D eigenvalue weighted by Crippen LogP contribution is 2.28. The van der Waals surface area contributed by atoms with E-state index in [1.165, 1.54) is 29.5 Å². The van der Waals surface area contributed by atoms with Crippen LogP contribution in [0.25, 0.3) is 11.3 Å². The number of nitrogens with one attached hydrogen (secondary N) is 1. The molecule has 4 nitrogen and oxygen atoms in total. The Kier molecular flexibility index (Phi) is 4.74. The van der Waals surface area contributed by atoms with Gasteiger partial charge >= 0.3 is 0 Å². The highest BCUT2D eigenvalue weighted by molar-refractivity contribution is 5.94. The van der Waals surface area contributed by atoms with Crippen LogP contribution in [0.3, 0.4) is 0 Å². The molecule has 0 unspecified atom stereocenters. The van der Waals surface area contributed by atoms with Crippen molar-refractivity contribution in [2.45, 2.75) is 66.0 Å². The molecule has 1 aliphatic carbocycles. The van der Waals surface area contributed by atoms with E-state index in [1.807, 2.05) is 17.7 Å². The zero-order chi connectivity index (χ0) is 17.3. The number of carbonyl (C=O) groups excluding carboxylic acids is 1. The monoisotopic (exact) mass is 325 g/mol. The third-order valence-electron chi connectivity index (χ3n) is 4.94. The smallest absolute Gasteiger partial charge is 0.269 e. The van der Waals surface area contributed by atoms with E-state index >= 15 is 0 Å². The van der Waals surface area contributed by atoms with Crippen LogP contribution in [-0.4, -0.2) is 21.7 Å². The molecule has 1 N–H and O–H groups in total. The highest BCUT2D eigenvalue weighted by atomic mass is 16.2. The SMILES string of the molecule is CCn1nc(-c2c(C)cc(C)cc2C)cc1C(=O)NC1CCCC1. The molecule has 1 amide bonds. The Morgan fingerprint density at radius 3 is 2.38 bits per heavy atom. The molecule has 1 aromatic carbocycles. The van der Waals surface area contributed by atoms with Crippen molar-refractivity contribution in [1.29, 1.82) is 0 Å². The Morgan fingerprint density at radius 2 is 1.79 bits per heavy atom. The lowest BCUT2D eigenvalue weighted by Crippen LogP contribution is -2.34. The van der Waals surface area contributed by atoms with E-state index in [0.717, 1.165) is 24.1 Å². The largest absolute Gasteiger partial charge is 0.348 e. The number of benzene rings is 1. The molecule has 0 radical (unpaired) electrons. The van der Waals surface area contributed by atoms with Gasteiger partial charge in [0.15, 0.2) is 0 Å². The molecule has 1 saturated carbocycles. The zero-order valence-corrected chi connectivity index (χ0v) is 15.1. The van der Waals surface area contributed by atoms with Crippen molar-refractivity contribution in [2.24, 2.45) is 0 Å². The lowest BCUT2D eigenvalue weighted by Gasteiger charge is -2.12. The average Bonchev–Trinajstić information content (AvgIpc) is 3.15. The van der Waals surface area contributed by atoms with Gasteiger partial charge in [-0.2, -0.15) is 5.10 Å². The number of rotatable bonds is 4. The van der Waals surface area contributed by atoms with Crippen LogP contribution in [0.5, 0.6) is 0 Å². The molecule has 24 heavy (non-hydrogen) atoms. The molecular weight excluding hydrogens is 298 g/mol. The first-order valence-electron chi connectivity index (χ1n) is 8.96. The van der Waals surface area contributed by atoms with E-state index in [1.54, 1.807) is 0 Å². The standard InChI is InChI=1S/C20H27N3O/c1-5-23-18(20(24)21-16-8-6-7-9-16)12-17(22-23)19-14(3)10-13(2)11-15(19)4/h10-12,16H,5-9H2,1-4H3,(H,21,24). The summed E-state index contributed by atoms with van der Waals surface area (Å²) in [4.78, 5) is 12.7. The molecule has 0 saturated heterocycles. The normalized spacial score (nSPS) is 15.0. The third-order valence-corrected chi connectivity index (χ3v) is 4.94. The summed E-state index contributed by atoms with van der Waals surface area (Å²) in [6.45, 7) is 9.04. The number of aryl methyl sites for hydroxylation is 4. The minimum absolute atomic E-state index is 0.00455. The van der Waals surface area contributed by atoms with Gasteiger partial charge in [-0.3, -0.25) is 9.48 Å². The van der Waals surface area contributed by atoms with Crippen LogP contribution >= 0.6 is 0 Å². The van der Waals surface area contributed by atoms with Gasteiger partial charge in [-0.15, -0.1) is 0 Å². The molecule has 0 spiro atoms. The maximum absolute atomic E-state index is 12.7. The summed E-state index contributed by atoms with van der Waals surface area (Å²) in [6, 6.07) is 6.61. The Balaban J connectivity index is 1.94. The summed E-state index contributed by atoms with van der Waals surface area (Å²) in [6.07, 6.45) is 4.61. The molecule has 1 aromatic heterocycles. The Labute approximate surface area is 144 Å². The first-order valence-corrected chi connectivity index (χ1v) is 8.96. The number of carbonyl (C=O) groups is 1. The van der Waals surface area contributed by atoms with E-state index in [0.29, 0.717) is 18.3 Å². The van der Waals surface area contributed by atoms with Crippen LogP contribution < -0.4 is 5.32 Å². The van der Waals surface area contributed by atoms with E-state index in [-0.39, 0.29) is 5.91 Å². The van der Waals surface area contributed by atoms with Gasteiger partial charge in [0.25, 0.3) is 5.91 Å². The first-order chi connectivity index (χ1) is 11.5. The zero-order valence-electron chi connectivity index (χ0n) is 15.1. The topological polar surface area (TPSA) is 46.9 Å². The van der Waals surface area contributed by atoms with E-state index in [4.69, 9.17) is 5.10 Å². The minimum atomic E-state index is 0.00455. The van der Waals surface area contributed by atoms with Crippen LogP contribution in [0.4, 0.5) is 0 Å². The predicted octanol–water partition coefficient (Wildman–Crippen LogP) is 4.17.